The molecule has 2 aromatic heterocycles. The number of para-hydroxylation sites is 2. The fourth-order valence-electron chi connectivity index (χ4n) is 3.72. The molecular weight excluding hydrogens is 408 g/mol. The number of hydrogen-bond acceptors (Lipinski definition) is 4. The minimum atomic E-state index is -0.247. The maximum Gasteiger partial charge on any atom is 0.266 e. The third-order valence-electron chi connectivity index (χ3n) is 5.14. The average molecular weight is 423 g/mol. The van der Waals surface area contributed by atoms with Gasteiger partial charge in [-0.15, -0.1) is 0 Å². The Hall–Kier alpha value is -4.14. The molecule has 0 unspecified atom stereocenters. The number of anilines is 1. The molecule has 6 heteroatoms. The van der Waals surface area contributed by atoms with Crippen molar-refractivity contribution in [2.75, 3.05) is 5.32 Å². The third kappa shape index (κ3) is 3.20. The average Bonchev–Trinajstić information content (AvgIpc) is 3.19. The monoisotopic (exact) mass is 422 g/mol. The van der Waals surface area contributed by atoms with Gasteiger partial charge in [0.05, 0.1) is 16.3 Å². The zero-order valence-corrected chi connectivity index (χ0v) is 17.0. The van der Waals surface area contributed by atoms with Crippen LogP contribution >= 0.6 is 11.6 Å². The van der Waals surface area contributed by atoms with Gasteiger partial charge in [0.2, 0.25) is 0 Å². The first-order chi connectivity index (χ1) is 15.2. The molecule has 5 nitrogen and oxygen atoms in total. The van der Waals surface area contributed by atoms with E-state index >= 15 is 0 Å². The Morgan fingerprint density at radius 3 is 2.42 bits per heavy atom. The van der Waals surface area contributed by atoms with Gasteiger partial charge in [0.15, 0.2) is 5.65 Å². The Labute approximate surface area is 182 Å². The fraction of sp³-hybridized carbons (Fsp3) is 0. The van der Waals surface area contributed by atoms with Gasteiger partial charge in [-0.25, -0.2) is 4.98 Å². The first-order valence-electron chi connectivity index (χ1n) is 9.62. The summed E-state index contributed by atoms with van der Waals surface area (Å²) in [5.74, 6) is 0. The molecule has 2 heterocycles. The summed E-state index contributed by atoms with van der Waals surface area (Å²) < 4.78 is 1.51. The Kier molecular flexibility index (Phi) is 4.62. The second-order valence-corrected chi connectivity index (χ2v) is 7.44. The van der Waals surface area contributed by atoms with Crippen molar-refractivity contribution in [1.29, 1.82) is 5.26 Å². The molecule has 5 rings (SSSR count). The quantitative estimate of drug-likeness (QED) is 0.461. The number of halogens is 1. The third-order valence-corrected chi connectivity index (χ3v) is 5.39. The van der Waals surface area contributed by atoms with Crippen LogP contribution in [0.25, 0.3) is 34.0 Å². The highest BCUT2D eigenvalue weighted by Gasteiger charge is 2.19. The van der Waals surface area contributed by atoms with E-state index in [1.54, 1.807) is 18.3 Å². The van der Waals surface area contributed by atoms with Crippen molar-refractivity contribution in [2.45, 2.75) is 0 Å². The van der Waals surface area contributed by atoms with Crippen molar-refractivity contribution in [3.63, 3.8) is 0 Å². The van der Waals surface area contributed by atoms with Gasteiger partial charge in [0.25, 0.3) is 5.56 Å². The Balaban J connectivity index is 1.89. The molecule has 0 aliphatic rings. The molecule has 3 aromatic carbocycles. The molecule has 0 amide bonds. The van der Waals surface area contributed by atoms with E-state index in [1.165, 1.54) is 4.40 Å². The van der Waals surface area contributed by atoms with E-state index in [0.717, 1.165) is 11.3 Å². The SMILES string of the molecule is N#Cc1c(-c2ccccc2)c(=CNc2ccc(Cl)cc2)c(=O)n2c1nc1ccccc12. The number of aromatic nitrogens is 2. The number of nitriles is 1. The van der Waals surface area contributed by atoms with E-state index in [4.69, 9.17) is 11.6 Å². The number of hydrogen-bond donors (Lipinski definition) is 1. The second-order valence-electron chi connectivity index (χ2n) is 7.00. The number of nitrogens with zero attached hydrogens (tertiary/aromatic N) is 3. The summed E-state index contributed by atoms with van der Waals surface area (Å²) in [5.41, 5.74) is 3.90. The lowest BCUT2D eigenvalue weighted by atomic mass is 9.99. The van der Waals surface area contributed by atoms with Gasteiger partial charge in [-0.1, -0.05) is 54.1 Å². The van der Waals surface area contributed by atoms with Gasteiger partial charge in [-0.3, -0.25) is 9.20 Å². The molecular formula is C25H15ClN4O. The van der Waals surface area contributed by atoms with Gasteiger partial charge in [-0.05, 0) is 42.0 Å². The maximum atomic E-state index is 13.7. The van der Waals surface area contributed by atoms with Crippen LogP contribution in [0.1, 0.15) is 5.56 Å². The molecule has 0 spiro atoms. The van der Waals surface area contributed by atoms with Crippen LogP contribution in [0.3, 0.4) is 0 Å². The molecule has 0 radical (unpaired) electrons. The number of pyridine rings is 1. The van der Waals surface area contributed by atoms with E-state index < -0.39 is 0 Å². The van der Waals surface area contributed by atoms with Gasteiger partial charge in [0, 0.05) is 22.5 Å². The molecule has 0 saturated heterocycles. The lowest BCUT2D eigenvalue weighted by Crippen LogP contribution is -2.34. The van der Waals surface area contributed by atoms with E-state index in [1.807, 2.05) is 66.7 Å². The molecule has 0 bridgehead atoms. The zero-order chi connectivity index (χ0) is 21.4. The highest BCUT2D eigenvalue weighted by atomic mass is 35.5. The van der Waals surface area contributed by atoms with E-state index in [2.05, 4.69) is 16.4 Å². The van der Waals surface area contributed by atoms with Crippen LogP contribution in [-0.4, -0.2) is 9.38 Å². The number of rotatable bonds is 3. The predicted molar refractivity (Wildman–Crippen MR) is 124 cm³/mol. The van der Waals surface area contributed by atoms with Crippen molar-refractivity contribution < 1.29 is 0 Å². The summed E-state index contributed by atoms with van der Waals surface area (Å²) in [5, 5.41) is 14.3. The first kappa shape index (κ1) is 18.9. The Morgan fingerprint density at radius 1 is 0.968 bits per heavy atom. The summed E-state index contributed by atoms with van der Waals surface area (Å²) in [6.45, 7) is 0. The fourth-order valence-corrected chi connectivity index (χ4v) is 3.85. The van der Waals surface area contributed by atoms with Gasteiger partial charge in [-0.2, -0.15) is 5.26 Å². The lowest BCUT2D eigenvalue weighted by Gasteiger charge is -2.09. The summed E-state index contributed by atoms with van der Waals surface area (Å²) in [6, 6.07) is 26.2. The van der Waals surface area contributed by atoms with E-state index in [-0.39, 0.29) is 5.56 Å². The van der Waals surface area contributed by atoms with E-state index in [0.29, 0.717) is 38.0 Å². The largest absolute Gasteiger partial charge is 0.361 e. The van der Waals surface area contributed by atoms with Gasteiger partial charge in [0.1, 0.15) is 11.6 Å². The standard InChI is InChI=1S/C25H15ClN4O/c26-17-10-12-18(13-11-17)28-15-20-23(16-6-2-1-3-7-16)19(14-27)24-29-21-8-4-5-9-22(21)30(24)25(20)31/h1-13,15,28H. The number of benzene rings is 3. The highest BCUT2D eigenvalue weighted by molar-refractivity contribution is 6.30. The minimum Gasteiger partial charge on any atom is -0.361 e. The number of imidazole rings is 1. The number of nitrogens with one attached hydrogen (secondary N) is 1. The van der Waals surface area contributed by atoms with E-state index in [9.17, 15) is 10.1 Å². The zero-order valence-electron chi connectivity index (χ0n) is 16.2. The smallest absolute Gasteiger partial charge is 0.266 e. The van der Waals surface area contributed by atoms with Crippen molar-refractivity contribution in [2.24, 2.45) is 0 Å². The van der Waals surface area contributed by atoms with Crippen LogP contribution in [0, 0.1) is 11.3 Å². The number of fused-ring (bicyclic) bond motifs is 3. The first-order valence-corrected chi connectivity index (χ1v) is 10.00. The Morgan fingerprint density at radius 2 is 1.68 bits per heavy atom. The summed E-state index contributed by atoms with van der Waals surface area (Å²) >= 11 is 5.97. The molecule has 31 heavy (non-hydrogen) atoms. The second kappa shape index (κ2) is 7.60. The van der Waals surface area contributed by atoms with Crippen LogP contribution in [0.15, 0.2) is 83.7 Å². The topological polar surface area (TPSA) is 70.2 Å². The van der Waals surface area contributed by atoms with Crippen LogP contribution < -0.4 is 16.1 Å². The van der Waals surface area contributed by atoms with Crippen LogP contribution in [0.4, 0.5) is 5.69 Å². The summed E-state index contributed by atoms with van der Waals surface area (Å²) in [6.07, 6.45) is 1.64. The summed E-state index contributed by atoms with van der Waals surface area (Å²) in [7, 11) is 0. The van der Waals surface area contributed by atoms with Crippen molar-refractivity contribution >= 4 is 40.2 Å². The molecule has 0 fully saturated rings. The normalized spacial score (nSPS) is 11.7. The van der Waals surface area contributed by atoms with Gasteiger partial charge >= 0.3 is 0 Å². The van der Waals surface area contributed by atoms with Gasteiger partial charge < -0.3 is 5.32 Å². The molecule has 5 aromatic rings. The minimum absolute atomic E-state index is 0.247. The molecule has 1 N–H and O–H groups in total. The Bertz CT molecular complexity index is 1580. The van der Waals surface area contributed by atoms with Crippen molar-refractivity contribution in [3.05, 3.63) is 105 Å². The molecule has 148 valence electrons. The van der Waals surface area contributed by atoms with Crippen LogP contribution in [-0.2, 0) is 0 Å². The molecule has 0 aliphatic heterocycles. The van der Waals surface area contributed by atoms with Crippen molar-refractivity contribution in [1.82, 2.24) is 9.38 Å². The van der Waals surface area contributed by atoms with Crippen molar-refractivity contribution in [3.8, 4) is 17.2 Å². The molecule has 0 atom stereocenters. The predicted octanol–water partition coefficient (Wildman–Crippen LogP) is 4.61. The summed E-state index contributed by atoms with van der Waals surface area (Å²) in [4.78, 5) is 18.3. The highest BCUT2D eigenvalue weighted by Crippen LogP contribution is 2.24. The lowest BCUT2D eigenvalue weighted by molar-refractivity contribution is 1.12. The molecule has 0 aliphatic carbocycles. The van der Waals surface area contributed by atoms with Crippen LogP contribution in [0.2, 0.25) is 5.02 Å². The maximum absolute atomic E-state index is 13.7. The molecule has 0 saturated carbocycles. The van der Waals surface area contributed by atoms with Crippen LogP contribution in [0.5, 0.6) is 0 Å².